The van der Waals surface area contributed by atoms with Crippen LogP contribution in [0.1, 0.15) is 33.6 Å². The summed E-state index contributed by atoms with van der Waals surface area (Å²) < 4.78 is 245. The fourth-order valence-electron chi connectivity index (χ4n) is 2.63. The molecule has 0 amide bonds. The van der Waals surface area contributed by atoms with Gasteiger partial charge in [-0.1, -0.05) is 0 Å². The fraction of sp³-hybridized carbons (Fsp3) is 1.00. The summed E-state index contributed by atoms with van der Waals surface area (Å²) in [5.74, 6) is -47.6. The molecule has 0 rings (SSSR count). The van der Waals surface area contributed by atoms with Crippen LogP contribution >= 0.6 is 0 Å². The van der Waals surface area contributed by atoms with Gasteiger partial charge in [0.2, 0.25) is 0 Å². The van der Waals surface area contributed by atoms with Crippen molar-refractivity contribution in [2.45, 2.75) is 80.9 Å². The van der Waals surface area contributed by atoms with Crippen LogP contribution in [-0.4, -0.2) is 75.9 Å². The molecule has 38 heavy (non-hydrogen) atoms. The first kappa shape index (κ1) is 39.0. The molecule has 0 unspecified atom stereocenters. The molecule has 22 heteroatoms. The van der Waals surface area contributed by atoms with Gasteiger partial charge >= 0.3 is 56.1 Å². The van der Waals surface area contributed by atoms with Gasteiger partial charge in [-0.15, -0.1) is 0 Å². The Morgan fingerprint density at radius 2 is 0.737 bits per heavy atom. The average Bonchev–Trinajstić information content (AvgIpc) is 2.71. The van der Waals surface area contributed by atoms with Crippen LogP contribution in [0.3, 0.4) is 0 Å². The van der Waals surface area contributed by atoms with Crippen LogP contribution in [0.15, 0.2) is 0 Å². The van der Waals surface area contributed by atoms with E-state index < -0.39 is 88.7 Å². The monoisotopic (exact) mass is 627 g/mol. The van der Waals surface area contributed by atoms with Crippen molar-refractivity contribution in [2.75, 3.05) is 19.8 Å². The standard InChI is InChI=1S/C16H19F17O3Si.H3N/c1-4-34-37(35-5-2,36-6-3)16(32,33)15(30,31)14(28,29)13(26,27)12(24,25)11(22,23)9(17,18)7-8-10(19,20)21;/h4-8H2,1-3H3;1H3. The zero-order chi connectivity index (χ0) is 30.2. The fourth-order valence-corrected chi connectivity index (χ4v) is 5.11. The van der Waals surface area contributed by atoms with Gasteiger partial charge in [-0.25, -0.2) is 0 Å². The van der Waals surface area contributed by atoms with Crippen LogP contribution < -0.4 is 6.15 Å². The summed E-state index contributed by atoms with van der Waals surface area (Å²) in [4.78, 5) is 0. The van der Waals surface area contributed by atoms with Crippen LogP contribution in [0.4, 0.5) is 74.6 Å². The molecule has 0 aromatic carbocycles. The van der Waals surface area contributed by atoms with Crippen molar-refractivity contribution < 1.29 is 87.9 Å². The SMILES string of the molecule is CCO[Si](OCC)(OCC)C(F)(F)C(F)(F)C(F)(F)C(F)(F)C(F)(F)C(F)(F)C(F)(F)CCC(F)(F)F.N. The van der Waals surface area contributed by atoms with Crippen molar-refractivity contribution in [3.8, 4) is 0 Å². The van der Waals surface area contributed by atoms with Gasteiger partial charge in [-0.3, -0.25) is 0 Å². The lowest BCUT2D eigenvalue weighted by molar-refractivity contribution is -0.439. The van der Waals surface area contributed by atoms with E-state index in [1.54, 1.807) is 0 Å². The van der Waals surface area contributed by atoms with E-state index in [0.29, 0.717) is 0 Å². The first-order chi connectivity index (χ1) is 16.1. The first-order valence-corrected chi connectivity index (χ1v) is 11.5. The molecule has 0 saturated carbocycles. The summed E-state index contributed by atoms with van der Waals surface area (Å²) >= 11 is 0. The molecule has 0 aromatic heterocycles. The Morgan fingerprint density at radius 3 is 1.03 bits per heavy atom. The predicted octanol–water partition coefficient (Wildman–Crippen LogP) is 7.53. The molecule has 4 nitrogen and oxygen atoms in total. The van der Waals surface area contributed by atoms with Gasteiger partial charge in [-0.2, -0.15) is 74.6 Å². The normalized spacial score (nSPS) is 15.5. The topological polar surface area (TPSA) is 62.7 Å². The van der Waals surface area contributed by atoms with Gasteiger partial charge < -0.3 is 19.4 Å². The lowest BCUT2D eigenvalue weighted by Gasteiger charge is -2.45. The molecule has 0 heterocycles. The highest BCUT2D eigenvalue weighted by atomic mass is 28.4. The quantitative estimate of drug-likeness (QED) is 0.151. The number of hydrogen-bond acceptors (Lipinski definition) is 4. The second-order valence-corrected chi connectivity index (χ2v) is 9.73. The molecular formula is C16H22F17NO3Si. The van der Waals surface area contributed by atoms with E-state index in [9.17, 15) is 74.6 Å². The maximum atomic E-state index is 14.7. The number of alkyl halides is 17. The minimum Gasteiger partial charge on any atom is -0.370 e. The zero-order valence-electron chi connectivity index (χ0n) is 19.4. The minimum absolute atomic E-state index is 0. The first-order valence-electron chi connectivity index (χ1n) is 9.77. The van der Waals surface area contributed by atoms with Crippen molar-refractivity contribution in [3.63, 3.8) is 0 Å². The van der Waals surface area contributed by atoms with Crippen molar-refractivity contribution >= 4 is 8.80 Å². The van der Waals surface area contributed by atoms with E-state index >= 15 is 0 Å². The van der Waals surface area contributed by atoms with Crippen LogP contribution in [-0.2, 0) is 13.3 Å². The third-order valence-electron chi connectivity index (χ3n) is 4.54. The lowest BCUT2D eigenvalue weighted by Crippen LogP contribution is -2.78. The van der Waals surface area contributed by atoms with Gasteiger partial charge in [0.15, 0.2) is 0 Å². The maximum Gasteiger partial charge on any atom is 0.582 e. The Kier molecular flexibility index (Phi) is 12.1. The Bertz CT molecular complexity index is 743. The highest BCUT2D eigenvalue weighted by Gasteiger charge is 2.95. The summed E-state index contributed by atoms with van der Waals surface area (Å²) in [6, 6.07) is 0. The van der Waals surface area contributed by atoms with E-state index in [1.807, 2.05) is 0 Å². The van der Waals surface area contributed by atoms with E-state index in [4.69, 9.17) is 0 Å². The van der Waals surface area contributed by atoms with E-state index in [-0.39, 0.29) is 6.15 Å². The maximum absolute atomic E-state index is 14.7. The molecule has 3 N–H and O–H groups in total. The molecule has 0 bridgehead atoms. The van der Waals surface area contributed by atoms with Gasteiger partial charge in [-0.05, 0) is 20.8 Å². The van der Waals surface area contributed by atoms with E-state index in [0.717, 1.165) is 20.8 Å². The van der Waals surface area contributed by atoms with Gasteiger partial charge in [0, 0.05) is 32.7 Å². The second-order valence-electron chi connectivity index (χ2n) is 7.12. The van der Waals surface area contributed by atoms with E-state index in [2.05, 4.69) is 13.3 Å². The summed E-state index contributed by atoms with van der Waals surface area (Å²) in [6.07, 6.45) is -12.2. The average molecular weight is 627 g/mol. The zero-order valence-corrected chi connectivity index (χ0v) is 20.4. The van der Waals surface area contributed by atoms with Crippen LogP contribution in [0, 0.1) is 0 Å². The Balaban J connectivity index is 0. The Hall–Kier alpha value is -1.13. The number of rotatable bonds is 15. The predicted molar refractivity (Wildman–Crippen MR) is 95.6 cm³/mol. The summed E-state index contributed by atoms with van der Waals surface area (Å²) in [7, 11) is -6.62. The van der Waals surface area contributed by atoms with Gasteiger partial charge in [0.25, 0.3) is 0 Å². The van der Waals surface area contributed by atoms with Crippen molar-refractivity contribution in [3.05, 3.63) is 0 Å². The van der Waals surface area contributed by atoms with Crippen molar-refractivity contribution in [1.29, 1.82) is 0 Å². The molecule has 0 saturated heterocycles. The molecule has 232 valence electrons. The highest BCUT2D eigenvalue weighted by molar-refractivity contribution is 6.63. The smallest absolute Gasteiger partial charge is 0.370 e. The van der Waals surface area contributed by atoms with Crippen molar-refractivity contribution in [2.24, 2.45) is 0 Å². The minimum atomic E-state index is -8.44. The van der Waals surface area contributed by atoms with Crippen LogP contribution in [0.25, 0.3) is 0 Å². The van der Waals surface area contributed by atoms with E-state index in [1.165, 1.54) is 0 Å². The molecule has 0 atom stereocenters. The van der Waals surface area contributed by atoms with Crippen LogP contribution in [0.2, 0.25) is 0 Å². The molecule has 0 aliphatic heterocycles. The van der Waals surface area contributed by atoms with Crippen molar-refractivity contribution in [1.82, 2.24) is 6.15 Å². The summed E-state index contributed by atoms with van der Waals surface area (Å²) in [5, 5.41) is 0. The number of halogens is 17. The summed E-state index contributed by atoms with van der Waals surface area (Å²) in [6.45, 7) is -1.05. The summed E-state index contributed by atoms with van der Waals surface area (Å²) in [5.41, 5.74) is -6.79. The van der Waals surface area contributed by atoms with Crippen LogP contribution in [0.5, 0.6) is 0 Å². The van der Waals surface area contributed by atoms with Gasteiger partial charge in [0.05, 0.1) is 0 Å². The molecule has 0 spiro atoms. The third kappa shape index (κ3) is 6.12. The lowest BCUT2D eigenvalue weighted by atomic mass is 9.90. The number of hydrogen-bond donors (Lipinski definition) is 1. The van der Waals surface area contributed by atoms with Gasteiger partial charge in [0.1, 0.15) is 0 Å². The third-order valence-corrected chi connectivity index (χ3v) is 7.63. The highest BCUT2D eigenvalue weighted by Crippen LogP contribution is 2.63. The molecule has 0 radical (unpaired) electrons. The molecule has 0 aliphatic carbocycles. The Labute approximate surface area is 204 Å². The second kappa shape index (κ2) is 11.8. The molecule has 0 aromatic rings. The Morgan fingerprint density at radius 1 is 0.447 bits per heavy atom. The molecular weight excluding hydrogens is 605 g/mol. The largest absolute Gasteiger partial charge is 0.582 e. The molecule has 0 fully saturated rings. The molecule has 0 aliphatic rings.